The highest BCUT2D eigenvalue weighted by Crippen LogP contribution is 2.29. The van der Waals surface area contributed by atoms with Gasteiger partial charge in [0.2, 0.25) is 0 Å². The Morgan fingerprint density at radius 1 is 1.26 bits per heavy atom. The quantitative estimate of drug-likeness (QED) is 0.763. The van der Waals surface area contributed by atoms with E-state index in [1.54, 1.807) is 20.8 Å². The van der Waals surface area contributed by atoms with E-state index in [9.17, 15) is 14.4 Å². The van der Waals surface area contributed by atoms with Crippen molar-refractivity contribution >= 4 is 34.9 Å². The van der Waals surface area contributed by atoms with Crippen molar-refractivity contribution in [2.45, 2.75) is 46.1 Å². The Kier molecular flexibility index (Phi) is 5.37. The van der Waals surface area contributed by atoms with Crippen LogP contribution in [-0.2, 0) is 11.2 Å². The molecule has 1 aromatic carbocycles. The second kappa shape index (κ2) is 7.56. The standard InChI is InChI=1S/C20H21ClN2O4/c1-10(2)27-20(26)12-7-8-13(21)15(9-12)23-19(25)17-11(3)22-14-5-4-6-16(24)18(14)17/h7-10,22H,4-6H2,1-3H3,(H,23,25). The first kappa shape index (κ1) is 19.2. The highest BCUT2D eigenvalue weighted by atomic mass is 35.5. The van der Waals surface area contributed by atoms with Gasteiger partial charge in [0.1, 0.15) is 0 Å². The van der Waals surface area contributed by atoms with Crippen molar-refractivity contribution in [3.8, 4) is 0 Å². The van der Waals surface area contributed by atoms with Crippen molar-refractivity contribution in [2.75, 3.05) is 5.32 Å². The summed E-state index contributed by atoms with van der Waals surface area (Å²) < 4.78 is 5.17. The Morgan fingerprint density at radius 3 is 2.70 bits per heavy atom. The first-order valence-corrected chi connectivity index (χ1v) is 9.22. The van der Waals surface area contributed by atoms with E-state index in [1.165, 1.54) is 18.2 Å². The number of anilines is 1. The van der Waals surface area contributed by atoms with Crippen molar-refractivity contribution in [1.82, 2.24) is 4.98 Å². The van der Waals surface area contributed by atoms with Crippen LogP contribution in [0.5, 0.6) is 0 Å². The van der Waals surface area contributed by atoms with Crippen LogP contribution in [-0.4, -0.2) is 28.7 Å². The van der Waals surface area contributed by atoms with Gasteiger partial charge in [0.25, 0.3) is 5.91 Å². The molecule has 6 nitrogen and oxygen atoms in total. The molecule has 2 N–H and O–H groups in total. The highest BCUT2D eigenvalue weighted by Gasteiger charge is 2.28. The minimum atomic E-state index is -0.498. The van der Waals surface area contributed by atoms with Gasteiger partial charge in [0, 0.05) is 17.8 Å². The first-order valence-electron chi connectivity index (χ1n) is 8.84. The van der Waals surface area contributed by atoms with Gasteiger partial charge >= 0.3 is 5.97 Å². The number of fused-ring (bicyclic) bond motifs is 1. The van der Waals surface area contributed by atoms with E-state index in [1.807, 2.05) is 0 Å². The molecule has 1 aromatic heterocycles. The number of H-pyrrole nitrogens is 1. The van der Waals surface area contributed by atoms with Gasteiger partial charge in [0.05, 0.1) is 33.5 Å². The number of benzene rings is 1. The fraction of sp³-hybridized carbons (Fsp3) is 0.350. The van der Waals surface area contributed by atoms with Crippen LogP contribution in [0.4, 0.5) is 5.69 Å². The number of aromatic amines is 1. The maximum atomic E-state index is 12.9. The third kappa shape index (κ3) is 3.90. The summed E-state index contributed by atoms with van der Waals surface area (Å²) in [7, 11) is 0. The number of ketones is 1. The van der Waals surface area contributed by atoms with Gasteiger partial charge in [-0.1, -0.05) is 11.6 Å². The zero-order chi connectivity index (χ0) is 19.7. The summed E-state index contributed by atoms with van der Waals surface area (Å²) in [5, 5.41) is 3.01. The molecule has 0 radical (unpaired) electrons. The maximum Gasteiger partial charge on any atom is 0.338 e. The summed E-state index contributed by atoms with van der Waals surface area (Å²) in [6.45, 7) is 5.27. The number of rotatable bonds is 4. The van der Waals surface area contributed by atoms with Crippen LogP contribution in [0.15, 0.2) is 18.2 Å². The Bertz CT molecular complexity index is 930. The second-order valence-electron chi connectivity index (χ2n) is 6.86. The first-order chi connectivity index (χ1) is 12.8. The number of hydrogen-bond donors (Lipinski definition) is 2. The molecule has 27 heavy (non-hydrogen) atoms. The van der Waals surface area contributed by atoms with Gasteiger partial charge in [-0.15, -0.1) is 0 Å². The van der Waals surface area contributed by atoms with Gasteiger partial charge in [-0.05, 0) is 51.8 Å². The van der Waals surface area contributed by atoms with Crippen LogP contribution in [0.25, 0.3) is 0 Å². The number of hydrogen-bond acceptors (Lipinski definition) is 4. The van der Waals surface area contributed by atoms with Crippen molar-refractivity contribution in [1.29, 1.82) is 0 Å². The number of carbonyl (C=O) groups excluding carboxylic acids is 3. The van der Waals surface area contributed by atoms with E-state index in [-0.39, 0.29) is 28.2 Å². The molecule has 7 heteroatoms. The molecule has 0 fully saturated rings. The number of halogens is 1. The number of aryl methyl sites for hydroxylation is 2. The third-order valence-corrected chi connectivity index (χ3v) is 4.72. The normalized spacial score (nSPS) is 13.4. The van der Waals surface area contributed by atoms with Gasteiger partial charge in [-0.25, -0.2) is 4.79 Å². The van der Waals surface area contributed by atoms with Crippen LogP contribution in [0, 0.1) is 6.92 Å². The molecule has 1 amide bonds. The van der Waals surface area contributed by atoms with Crippen LogP contribution in [0.1, 0.15) is 69.2 Å². The summed E-state index contributed by atoms with van der Waals surface area (Å²) in [4.78, 5) is 40.4. The van der Waals surface area contributed by atoms with Gasteiger partial charge < -0.3 is 15.0 Å². The molecule has 3 rings (SSSR count). The van der Waals surface area contributed by atoms with E-state index in [2.05, 4.69) is 10.3 Å². The lowest BCUT2D eigenvalue weighted by molar-refractivity contribution is 0.0377. The molecule has 1 heterocycles. The van der Waals surface area contributed by atoms with Gasteiger partial charge in [-0.3, -0.25) is 9.59 Å². The fourth-order valence-electron chi connectivity index (χ4n) is 3.23. The molecule has 0 unspecified atom stereocenters. The molecule has 0 bridgehead atoms. The number of amides is 1. The Balaban J connectivity index is 1.90. The second-order valence-corrected chi connectivity index (χ2v) is 7.27. The van der Waals surface area contributed by atoms with Crippen molar-refractivity contribution in [3.63, 3.8) is 0 Å². The zero-order valence-corrected chi connectivity index (χ0v) is 16.2. The summed E-state index contributed by atoms with van der Waals surface area (Å²) >= 11 is 6.18. The number of esters is 1. The van der Waals surface area contributed by atoms with E-state index in [0.717, 1.165) is 18.5 Å². The van der Waals surface area contributed by atoms with Crippen LogP contribution in [0.3, 0.4) is 0 Å². The highest BCUT2D eigenvalue weighted by molar-refractivity contribution is 6.34. The number of nitrogens with one attached hydrogen (secondary N) is 2. The lowest BCUT2D eigenvalue weighted by Crippen LogP contribution is -2.19. The predicted molar refractivity (Wildman–Crippen MR) is 103 cm³/mol. The van der Waals surface area contributed by atoms with Gasteiger partial charge in [-0.2, -0.15) is 0 Å². The number of aromatic nitrogens is 1. The van der Waals surface area contributed by atoms with Crippen LogP contribution in [0.2, 0.25) is 5.02 Å². The topological polar surface area (TPSA) is 88.3 Å². The van der Waals surface area contributed by atoms with Gasteiger partial charge in [0.15, 0.2) is 5.78 Å². The smallest absolute Gasteiger partial charge is 0.338 e. The zero-order valence-electron chi connectivity index (χ0n) is 15.4. The largest absolute Gasteiger partial charge is 0.459 e. The number of carbonyl (C=O) groups is 3. The average Bonchev–Trinajstić information content (AvgIpc) is 2.93. The van der Waals surface area contributed by atoms with Crippen molar-refractivity contribution in [2.24, 2.45) is 0 Å². The summed E-state index contributed by atoms with van der Waals surface area (Å²) in [6, 6.07) is 4.54. The van der Waals surface area contributed by atoms with Crippen molar-refractivity contribution in [3.05, 3.63) is 51.3 Å². The number of Topliss-reactive ketones (excluding diaryl/α,β-unsaturated/α-hetero) is 1. The molecule has 1 aliphatic carbocycles. The van der Waals surface area contributed by atoms with E-state index in [0.29, 0.717) is 23.2 Å². The van der Waals surface area contributed by atoms with Crippen LogP contribution < -0.4 is 5.32 Å². The third-order valence-electron chi connectivity index (χ3n) is 4.39. The predicted octanol–water partition coefficient (Wildman–Crippen LogP) is 4.31. The lowest BCUT2D eigenvalue weighted by atomic mass is 9.93. The van der Waals surface area contributed by atoms with Crippen LogP contribution >= 0.6 is 11.6 Å². The minimum Gasteiger partial charge on any atom is -0.459 e. The molecule has 2 aromatic rings. The van der Waals surface area contributed by atoms with E-state index < -0.39 is 11.9 Å². The molecule has 0 spiro atoms. The number of ether oxygens (including phenoxy) is 1. The molecule has 0 saturated carbocycles. The maximum absolute atomic E-state index is 12.9. The fourth-order valence-corrected chi connectivity index (χ4v) is 3.40. The molecule has 1 aliphatic rings. The molecule has 142 valence electrons. The SMILES string of the molecule is Cc1[nH]c2c(c1C(=O)Nc1cc(C(=O)OC(C)C)ccc1Cl)C(=O)CCC2. The molecular formula is C20H21ClN2O4. The Morgan fingerprint density at radius 2 is 2.00 bits per heavy atom. The molecule has 0 atom stereocenters. The molecular weight excluding hydrogens is 368 g/mol. The Hall–Kier alpha value is -2.60. The summed E-state index contributed by atoms with van der Waals surface area (Å²) in [5.74, 6) is -0.967. The van der Waals surface area contributed by atoms with E-state index in [4.69, 9.17) is 16.3 Å². The Labute approximate surface area is 162 Å². The monoisotopic (exact) mass is 388 g/mol. The van der Waals surface area contributed by atoms with E-state index >= 15 is 0 Å². The summed E-state index contributed by atoms with van der Waals surface area (Å²) in [5.41, 5.74) is 2.81. The average molecular weight is 389 g/mol. The molecule has 0 saturated heterocycles. The van der Waals surface area contributed by atoms with Crippen molar-refractivity contribution < 1.29 is 19.1 Å². The lowest BCUT2D eigenvalue weighted by Gasteiger charge is -2.13. The minimum absolute atomic E-state index is 0.0360. The summed E-state index contributed by atoms with van der Waals surface area (Å²) in [6.07, 6.45) is 1.69. The molecule has 0 aliphatic heterocycles.